The summed E-state index contributed by atoms with van der Waals surface area (Å²) >= 11 is 0. The number of amides is 1. The highest BCUT2D eigenvalue weighted by atomic mass is 16.5. The number of hydrogen-bond acceptors (Lipinski definition) is 3. The summed E-state index contributed by atoms with van der Waals surface area (Å²) in [6, 6.07) is 6.90. The third kappa shape index (κ3) is 3.01. The first-order valence-corrected chi connectivity index (χ1v) is 7.19. The molecule has 1 aliphatic heterocycles. The molecule has 1 amide bonds. The van der Waals surface area contributed by atoms with Crippen molar-refractivity contribution in [1.82, 2.24) is 4.90 Å². The number of carbonyl (C=O) groups excluding carboxylic acids is 1. The summed E-state index contributed by atoms with van der Waals surface area (Å²) in [4.78, 5) is 25.7. The topological polar surface area (TPSA) is 66.8 Å². The zero-order chi connectivity index (χ0) is 15.5. The van der Waals surface area contributed by atoms with Crippen LogP contribution in [0.4, 0.5) is 0 Å². The summed E-state index contributed by atoms with van der Waals surface area (Å²) < 4.78 is 5.07. The Kier molecular flexibility index (Phi) is 4.50. The summed E-state index contributed by atoms with van der Waals surface area (Å²) in [6.45, 7) is 2.76. The van der Waals surface area contributed by atoms with E-state index in [0.717, 1.165) is 6.42 Å². The van der Waals surface area contributed by atoms with Gasteiger partial charge in [-0.2, -0.15) is 0 Å². The number of carboxylic acids is 1. The van der Waals surface area contributed by atoms with E-state index in [-0.39, 0.29) is 12.5 Å². The molecule has 1 aromatic rings. The van der Waals surface area contributed by atoms with E-state index in [1.54, 1.807) is 36.3 Å². The minimum atomic E-state index is -0.808. The molecule has 0 aliphatic carbocycles. The van der Waals surface area contributed by atoms with Gasteiger partial charge in [0.25, 0.3) is 5.91 Å². The predicted octanol–water partition coefficient (Wildman–Crippen LogP) is 2.41. The fourth-order valence-electron chi connectivity index (χ4n) is 2.84. The van der Waals surface area contributed by atoms with Crippen LogP contribution in [0.1, 0.15) is 36.5 Å². The standard InChI is InChI=1S/C16H21NO4/c1-3-16(15(19)20)9-4-10-17(11-16)14(18)12-5-7-13(21-2)8-6-12/h5-8H,3-4,9-11H2,1-2H3,(H,19,20). The average molecular weight is 291 g/mol. The van der Waals surface area contributed by atoms with Crippen LogP contribution in [-0.2, 0) is 4.79 Å². The highest BCUT2D eigenvalue weighted by molar-refractivity contribution is 5.94. The van der Waals surface area contributed by atoms with Gasteiger partial charge >= 0.3 is 5.97 Å². The van der Waals surface area contributed by atoms with Crippen molar-refractivity contribution < 1.29 is 19.4 Å². The van der Waals surface area contributed by atoms with Crippen molar-refractivity contribution >= 4 is 11.9 Å². The zero-order valence-corrected chi connectivity index (χ0v) is 12.5. The smallest absolute Gasteiger partial charge is 0.311 e. The molecule has 1 aromatic carbocycles. The summed E-state index contributed by atoms with van der Waals surface area (Å²) in [6.07, 6.45) is 1.89. The predicted molar refractivity (Wildman–Crippen MR) is 78.5 cm³/mol. The zero-order valence-electron chi connectivity index (χ0n) is 12.5. The SMILES string of the molecule is CCC1(C(=O)O)CCCN(C(=O)c2ccc(OC)cc2)C1. The van der Waals surface area contributed by atoms with E-state index in [2.05, 4.69) is 0 Å². The first kappa shape index (κ1) is 15.4. The molecule has 1 atom stereocenters. The van der Waals surface area contributed by atoms with E-state index >= 15 is 0 Å². The summed E-state index contributed by atoms with van der Waals surface area (Å²) in [5, 5.41) is 9.47. The van der Waals surface area contributed by atoms with Gasteiger partial charge in [0.15, 0.2) is 0 Å². The molecule has 21 heavy (non-hydrogen) atoms. The maximum atomic E-state index is 12.5. The molecule has 1 heterocycles. The monoisotopic (exact) mass is 291 g/mol. The van der Waals surface area contributed by atoms with Crippen molar-refractivity contribution in [3.8, 4) is 5.75 Å². The first-order chi connectivity index (χ1) is 10.0. The largest absolute Gasteiger partial charge is 0.497 e. The minimum absolute atomic E-state index is 0.114. The van der Waals surface area contributed by atoms with Crippen LogP contribution in [0.2, 0.25) is 0 Å². The molecule has 0 radical (unpaired) electrons. The Balaban J connectivity index is 2.16. The molecule has 0 spiro atoms. The van der Waals surface area contributed by atoms with E-state index < -0.39 is 11.4 Å². The Morgan fingerprint density at radius 1 is 1.33 bits per heavy atom. The Bertz CT molecular complexity index is 526. The van der Waals surface area contributed by atoms with Crippen molar-refractivity contribution in [2.24, 2.45) is 5.41 Å². The lowest BCUT2D eigenvalue weighted by atomic mass is 9.77. The molecule has 0 saturated carbocycles. The normalized spacial score (nSPS) is 21.9. The van der Waals surface area contributed by atoms with Crippen LogP contribution in [0.15, 0.2) is 24.3 Å². The van der Waals surface area contributed by atoms with Crippen LogP contribution in [0.25, 0.3) is 0 Å². The maximum Gasteiger partial charge on any atom is 0.311 e. The van der Waals surface area contributed by atoms with Gasteiger partial charge in [-0.3, -0.25) is 9.59 Å². The lowest BCUT2D eigenvalue weighted by Gasteiger charge is -2.39. The number of carbonyl (C=O) groups is 2. The van der Waals surface area contributed by atoms with Crippen molar-refractivity contribution in [1.29, 1.82) is 0 Å². The van der Waals surface area contributed by atoms with E-state index in [1.165, 1.54) is 0 Å². The quantitative estimate of drug-likeness (QED) is 0.925. The number of ether oxygens (including phenoxy) is 1. The van der Waals surface area contributed by atoms with Crippen LogP contribution in [0.5, 0.6) is 5.75 Å². The fraction of sp³-hybridized carbons (Fsp3) is 0.500. The lowest BCUT2D eigenvalue weighted by molar-refractivity contribution is -0.152. The van der Waals surface area contributed by atoms with Crippen molar-refractivity contribution in [2.75, 3.05) is 20.2 Å². The number of aliphatic carboxylic acids is 1. The molecule has 114 valence electrons. The van der Waals surface area contributed by atoms with Crippen molar-refractivity contribution in [2.45, 2.75) is 26.2 Å². The van der Waals surface area contributed by atoms with Crippen molar-refractivity contribution in [3.05, 3.63) is 29.8 Å². The number of likely N-dealkylation sites (tertiary alicyclic amines) is 1. The summed E-state index contributed by atoms with van der Waals surface area (Å²) in [7, 11) is 1.57. The van der Waals surface area contributed by atoms with Gasteiger partial charge in [0, 0.05) is 18.7 Å². The van der Waals surface area contributed by atoms with Crippen molar-refractivity contribution in [3.63, 3.8) is 0 Å². The molecule has 1 aliphatic rings. The Morgan fingerprint density at radius 2 is 2.00 bits per heavy atom. The third-order valence-electron chi connectivity index (χ3n) is 4.33. The molecule has 0 aromatic heterocycles. The molecular weight excluding hydrogens is 270 g/mol. The van der Waals surface area contributed by atoms with Gasteiger partial charge in [-0.1, -0.05) is 6.92 Å². The number of methoxy groups -OCH3 is 1. The number of nitrogens with zero attached hydrogens (tertiary/aromatic N) is 1. The Hall–Kier alpha value is -2.04. The number of rotatable bonds is 4. The first-order valence-electron chi connectivity index (χ1n) is 7.19. The van der Waals surface area contributed by atoms with Crippen LogP contribution in [0, 0.1) is 5.41 Å². The van der Waals surface area contributed by atoms with Crippen LogP contribution in [0.3, 0.4) is 0 Å². The van der Waals surface area contributed by atoms with E-state index in [0.29, 0.717) is 30.7 Å². The van der Waals surface area contributed by atoms with Crippen LogP contribution in [-0.4, -0.2) is 42.1 Å². The van der Waals surface area contributed by atoms with Gasteiger partial charge in [-0.15, -0.1) is 0 Å². The second-order valence-electron chi connectivity index (χ2n) is 5.50. The fourth-order valence-corrected chi connectivity index (χ4v) is 2.84. The highest BCUT2D eigenvalue weighted by Gasteiger charge is 2.42. The van der Waals surface area contributed by atoms with Crippen LogP contribution < -0.4 is 4.74 Å². The molecule has 5 nitrogen and oxygen atoms in total. The van der Waals surface area contributed by atoms with Gasteiger partial charge in [0.1, 0.15) is 5.75 Å². The molecular formula is C16H21NO4. The van der Waals surface area contributed by atoms with Gasteiger partial charge in [-0.05, 0) is 43.5 Å². The molecule has 1 unspecified atom stereocenters. The average Bonchev–Trinajstić information content (AvgIpc) is 2.54. The van der Waals surface area contributed by atoms with Crippen LogP contribution >= 0.6 is 0 Å². The van der Waals surface area contributed by atoms with E-state index in [9.17, 15) is 14.7 Å². The maximum absolute atomic E-state index is 12.5. The van der Waals surface area contributed by atoms with Gasteiger partial charge in [0.2, 0.25) is 0 Å². The minimum Gasteiger partial charge on any atom is -0.497 e. The molecule has 5 heteroatoms. The highest BCUT2D eigenvalue weighted by Crippen LogP contribution is 2.34. The second kappa shape index (κ2) is 6.16. The molecule has 1 saturated heterocycles. The number of carboxylic acid groups (broad SMARTS) is 1. The molecule has 0 bridgehead atoms. The summed E-state index contributed by atoms with van der Waals surface area (Å²) in [5.74, 6) is -0.229. The van der Waals surface area contributed by atoms with E-state index in [4.69, 9.17) is 4.74 Å². The summed E-state index contributed by atoms with van der Waals surface area (Å²) in [5.41, 5.74) is -0.242. The second-order valence-corrected chi connectivity index (χ2v) is 5.50. The van der Waals surface area contributed by atoms with Gasteiger partial charge in [-0.25, -0.2) is 0 Å². The number of piperidine rings is 1. The third-order valence-corrected chi connectivity index (χ3v) is 4.33. The van der Waals surface area contributed by atoms with E-state index in [1.807, 2.05) is 6.92 Å². The number of hydrogen-bond donors (Lipinski definition) is 1. The lowest BCUT2D eigenvalue weighted by Crippen LogP contribution is -2.49. The molecule has 2 rings (SSSR count). The van der Waals surface area contributed by atoms with Gasteiger partial charge < -0.3 is 14.7 Å². The Labute approximate surface area is 124 Å². The molecule has 1 fully saturated rings. The molecule has 1 N–H and O–H groups in total. The number of benzene rings is 1. The van der Waals surface area contributed by atoms with Gasteiger partial charge in [0.05, 0.1) is 12.5 Å². The Morgan fingerprint density at radius 3 is 2.52 bits per heavy atom.